The van der Waals surface area contributed by atoms with Gasteiger partial charge in [-0.15, -0.1) is 0 Å². The number of nitrogens with zero attached hydrogens (tertiary/aromatic N) is 1. The molecular weight excluding hydrogens is 215 g/mol. The van der Waals surface area contributed by atoms with Gasteiger partial charge < -0.3 is 5.73 Å². The van der Waals surface area contributed by atoms with Crippen LogP contribution in [0.2, 0.25) is 5.02 Å². The molecule has 1 aromatic carbocycles. The van der Waals surface area contributed by atoms with E-state index in [0.29, 0.717) is 5.02 Å². The van der Waals surface area contributed by atoms with Crippen LogP contribution in [0.25, 0.3) is 0 Å². The standard InChI is InChI=1S/C11H14ClFN2/c12-9-3-8(4-10(13)5-9)6-15-2-1-11(14)7-15/h3-5,11H,1-2,6-7,14H2/t11-/m1/s1. The Morgan fingerprint density at radius 3 is 2.87 bits per heavy atom. The first-order valence-electron chi connectivity index (χ1n) is 5.06. The Morgan fingerprint density at radius 1 is 1.47 bits per heavy atom. The number of likely N-dealkylation sites (tertiary alicyclic amines) is 1. The summed E-state index contributed by atoms with van der Waals surface area (Å²) in [5, 5.41) is 0.452. The maximum atomic E-state index is 13.1. The molecule has 0 spiro atoms. The lowest BCUT2D eigenvalue weighted by molar-refractivity contribution is 0.326. The molecule has 0 bridgehead atoms. The van der Waals surface area contributed by atoms with Crippen molar-refractivity contribution in [2.45, 2.75) is 19.0 Å². The Balaban J connectivity index is 2.04. The molecule has 0 amide bonds. The van der Waals surface area contributed by atoms with Gasteiger partial charge in [-0.1, -0.05) is 11.6 Å². The summed E-state index contributed by atoms with van der Waals surface area (Å²) in [6.07, 6.45) is 1.02. The van der Waals surface area contributed by atoms with E-state index < -0.39 is 0 Å². The zero-order chi connectivity index (χ0) is 10.8. The molecule has 0 radical (unpaired) electrons. The van der Waals surface area contributed by atoms with E-state index in [9.17, 15) is 4.39 Å². The average Bonchev–Trinajstić information content (AvgIpc) is 2.49. The molecule has 2 rings (SSSR count). The van der Waals surface area contributed by atoms with E-state index >= 15 is 0 Å². The minimum Gasteiger partial charge on any atom is -0.326 e. The molecule has 1 saturated heterocycles. The smallest absolute Gasteiger partial charge is 0.125 e. The molecule has 15 heavy (non-hydrogen) atoms. The maximum absolute atomic E-state index is 13.1. The Labute approximate surface area is 93.8 Å². The van der Waals surface area contributed by atoms with Crippen molar-refractivity contribution in [3.8, 4) is 0 Å². The van der Waals surface area contributed by atoms with Gasteiger partial charge in [0.05, 0.1) is 0 Å². The lowest BCUT2D eigenvalue weighted by atomic mass is 10.2. The third-order valence-corrected chi connectivity index (χ3v) is 2.86. The van der Waals surface area contributed by atoms with E-state index in [0.717, 1.165) is 31.6 Å². The third-order valence-electron chi connectivity index (χ3n) is 2.64. The monoisotopic (exact) mass is 228 g/mol. The van der Waals surface area contributed by atoms with Gasteiger partial charge in [0.2, 0.25) is 0 Å². The predicted molar refractivity (Wildman–Crippen MR) is 59.3 cm³/mol. The van der Waals surface area contributed by atoms with Crippen LogP contribution in [0, 0.1) is 5.82 Å². The topological polar surface area (TPSA) is 29.3 Å². The van der Waals surface area contributed by atoms with Crippen LogP contribution < -0.4 is 5.73 Å². The van der Waals surface area contributed by atoms with Gasteiger partial charge in [-0.05, 0) is 30.2 Å². The second-order valence-corrected chi connectivity index (χ2v) is 4.50. The summed E-state index contributed by atoms with van der Waals surface area (Å²) >= 11 is 5.78. The molecule has 1 atom stereocenters. The summed E-state index contributed by atoms with van der Waals surface area (Å²) in [7, 11) is 0. The largest absolute Gasteiger partial charge is 0.326 e. The highest BCUT2D eigenvalue weighted by atomic mass is 35.5. The summed E-state index contributed by atoms with van der Waals surface area (Å²) in [4.78, 5) is 2.22. The summed E-state index contributed by atoms with van der Waals surface area (Å²) in [5.74, 6) is -0.277. The Morgan fingerprint density at radius 2 is 2.27 bits per heavy atom. The molecule has 1 aliphatic heterocycles. The predicted octanol–water partition coefficient (Wildman–Crippen LogP) is 2.01. The number of benzene rings is 1. The molecule has 4 heteroatoms. The molecule has 1 aliphatic rings. The highest BCUT2D eigenvalue weighted by Gasteiger charge is 2.18. The van der Waals surface area contributed by atoms with Crippen LogP contribution >= 0.6 is 11.6 Å². The van der Waals surface area contributed by atoms with Gasteiger partial charge in [-0.2, -0.15) is 0 Å². The highest BCUT2D eigenvalue weighted by Crippen LogP contribution is 2.17. The molecule has 2 nitrogen and oxygen atoms in total. The summed E-state index contributed by atoms with van der Waals surface area (Å²) < 4.78 is 13.1. The van der Waals surface area contributed by atoms with Crippen molar-refractivity contribution in [2.75, 3.05) is 13.1 Å². The summed E-state index contributed by atoms with van der Waals surface area (Å²) in [6.45, 7) is 2.59. The minimum atomic E-state index is -0.277. The maximum Gasteiger partial charge on any atom is 0.125 e. The van der Waals surface area contributed by atoms with Gasteiger partial charge >= 0.3 is 0 Å². The molecule has 1 heterocycles. The Hall–Kier alpha value is -0.640. The van der Waals surface area contributed by atoms with Crippen LogP contribution in [-0.2, 0) is 6.54 Å². The Kier molecular flexibility index (Phi) is 3.24. The molecule has 0 aliphatic carbocycles. The van der Waals surface area contributed by atoms with Crippen LogP contribution in [0.5, 0.6) is 0 Å². The van der Waals surface area contributed by atoms with Crippen LogP contribution in [-0.4, -0.2) is 24.0 Å². The van der Waals surface area contributed by atoms with Gasteiger partial charge in [-0.25, -0.2) is 4.39 Å². The van der Waals surface area contributed by atoms with Gasteiger partial charge in [0.25, 0.3) is 0 Å². The van der Waals surface area contributed by atoms with Crippen molar-refractivity contribution in [1.82, 2.24) is 4.90 Å². The lowest BCUT2D eigenvalue weighted by Crippen LogP contribution is -2.26. The molecule has 1 fully saturated rings. The van der Waals surface area contributed by atoms with E-state index in [4.69, 9.17) is 17.3 Å². The van der Waals surface area contributed by atoms with E-state index in [2.05, 4.69) is 4.90 Å². The normalized spacial score (nSPS) is 22.2. The number of rotatable bonds is 2. The zero-order valence-electron chi connectivity index (χ0n) is 8.42. The van der Waals surface area contributed by atoms with Crippen molar-refractivity contribution >= 4 is 11.6 Å². The zero-order valence-corrected chi connectivity index (χ0v) is 9.17. The first-order valence-corrected chi connectivity index (χ1v) is 5.44. The van der Waals surface area contributed by atoms with Gasteiger partial charge in [0, 0.05) is 30.7 Å². The van der Waals surface area contributed by atoms with Gasteiger partial charge in [-0.3, -0.25) is 4.90 Å². The Bertz CT molecular complexity index is 336. The second-order valence-electron chi connectivity index (χ2n) is 4.06. The van der Waals surface area contributed by atoms with Crippen LogP contribution in [0.1, 0.15) is 12.0 Å². The summed E-state index contributed by atoms with van der Waals surface area (Å²) in [6, 6.07) is 4.90. The molecule has 0 saturated carbocycles. The van der Waals surface area contributed by atoms with E-state index in [-0.39, 0.29) is 11.9 Å². The fourth-order valence-corrected chi connectivity index (χ4v) is 2.21. The van der Waals surface area contributed by atoms with E-state index in [1.54, 1.807) is 6.07 Å². The second kappa shape index (κ2) is 4.47. The number of nitrogens with two attached hydrogens (primary N) is 1. The van der Waals surface area contributed by atoms with Crippen molar-refractivity contribution in [3.05, 3.63) is 34.6 Å². The highest BCUT2D eigenvalue weighted by molar-refractivity contribution is 6.30. The average molecular weight is 229 g/mol. The van der Waals surface area contributed by atoms with Crippen molar-refractivity contribution in [2.24, 2.45) is 5.73 Å². The SMILES string of the molecule is N[C@@H]1CCN(Cc2cc(F)cc(Cl)c2)C1. The molecule has 82 valence electrons. The van der Waals surface area contributed by atoms with Gasteiger partial charge in [0.15, 0.2) is 0 Å². The van der Waals surface area contributed by atoms with Crippen molar-refractivity contribution in [1.29, 1.82) is 0 Å². The van der Waals surface area contributed by atoms with Crippen LogP contribution in [0.4, 0.5) is 4.39 Å². The fraction of sp³-hybridized carbons (Fsp3) is 0.455. The molecular formula is C11H14ClFN2. The first kappa shape index (κ1) is 10.9. The van der Waals surface area contributed by atoms with Crippen molar-refractivity contribution < 1.29 is 4.39 Å². The van der Waals surface area contributed by atoms with Crippen LogP contribution in [0.15, 0.2) is 18.2 Å². The summed E-state index contributed by atoms with van der Waals surface area (Å²) in [5.41, 5.74) is 6.71. The minimum absolute atomic E-state index is 0.258. The molecule has 0 unspecified atom stereocenters. The number of halogens is 2. The third kappa shape index (κ3) is 2.91. The first-order chi connectivity index (χ1) is 7.13. The lowest BCUT2D eigenvalue weighted by Gasteiger charge is -2.15. The van der Waals surface area contributed by atoms with Crippen molar-refractivity contribution in [3.63, 3.8) is 0 Å². The van der Waals surface area contributed by atoms with E-state index in [1.807, 2.05) is 0 Å². The fourth-order valence-electron chi connectivity index (χ4n) is 1.97. The quantitative estimate of drug-likeness (QED) is 0.839. The van der Waals surface area contributed by atoms with E-state index in [1.165, 1.54) is 12.1 Å². The molecule has 1 aromatic rings. The molecule has 0 aromatic heterocycles. The van der Waals surface area contributed by atoms with Gasteiger partial charge in [0.1, 0.15) is 5.82 Å². The number of hydrogen-bond acceptors (Lipinski definition) is 2. The molecule has 2 N–H and O–H groups in total. The number of hydrogen-bond donors (Lipinski definition) is 1. The van der Waals surface area contributed by atoms with Crippen LogP contribution in [0.3, 0.4) is 0 Å².